The van der Waals surface area contributed by atoms with Gasteiger partial charge >= 0.3 is 10.1 Å². The van der Waals surface area contributed by atoms with Gasteiger partial charge in [-0.25, -0.2) is 0 Å². The number of nitrogens with zero attached hydrogens (tertiary/aromatic N) is 4. The summed E-state index contributed by atoms with van der Waals surface area (Å²) in [6.07, 6.45) is 5.61. The van der Waals surface area contributed by atoms with Gasteiger partial charge in [0.25, 0.3) is 5.91 Å². The van der Waals surface area contributed by atoms with Crippen LogP contribution in [-0.4, -0.2) is 46.6 Å². The van der Waals surface area contributed by atoms with Gasteiger partial charge in [0.2, 0.25) is 5.17 Å². The lowest BCUT2D eigenvalue weighted by molar-refractivity contribution is -0.114. The van der Waals surface area contributed by atoms with Gasteiger partial charge in [0.1, 0.15) is 5.04 Å². The van der Waals surface area contributed by atoms with E-state index in [2.05, 4.69) is 15.1 Å². The first-order valence-corrected chi connectivity index (χ1v) is 11.3. The van der Waals surface area contributed by atoms with Crippen molar-refractivity contribution in [1.82, 2.24) is 9.99 Å². The van der Waals surface area contributed by atoms with Gasteiger partial charge in [-0.1, -0.05) is 17.7 Å². The molecule has 0 unspecified atom stereocenters. The number of carbonyl (C=O) groups excluding carboxylic acids is 1. The number of benzene rings is 1. The van der Waals surface area contributed by atoms with Crippen molar-refractivity contribution in [2.45, 2.75) is 0 Å². The first-order chi connectivity index (χ1) is 14.2. The molecule has 0 bridgehead atoms. The van der Waals surface area contributed by atoms with E-state index in [0.29, 0.717) is 10.6 Å². The summed E-state index contributed by atoms with van der Waals surface area (Å²) in [5, 5.41) is 15.0. The zero-order chi connectivity index (χ0) is 21.5. The summed E-state index contributed by atoms with van der Waals surface area (Å²) in [6.45, 7) is 0. The lowest BCUT2D eigenvalue weighted by Crippen LogP contribution is -2.35. The molecule has 4 rings (SSSR count). The van der Waals surface area contributed by atoms with Crippen molar-refractivity contribution in [3.05, 3.63) is 64.4 Å². The van der Waals surface area contributed by atoms with E-state index in [4.69, 9.17) is 21.2 Å². The fourth-order valence-corrected chi connectivity index (χ4v) is 4.23. The highest BCUT2D eigenvalue weighted by molar-refractivity contribution is 8.27. The molecule has 0 fully saturated rings. The molecule has 2 aliphatic heterocycles. The number of carbonyl (C=O) groups is 1. The van der Waals surface area contributed by atoms with Gasteiger partial charge in [-0.3, -0.25) is 15.2 Å². The molecule has 0 aliphatic carbocycles. The molecule has 1 amide bonds. The maximum absolute atomic E-state index is 12.5. The fourth-order valence-electron chi connectivity index (χ4n) is 2.60. The molecular formula is C18H12ClN5O4S2. The molecule has 0 radical (unpaired) electrons. The first kappa shape index (κ1) is 20.3. The van der Waals surface area contributed by atoms with Crippen LogP contribution in [0.3, 0.4) is 0 Å². The van der Waals surface area contributed by atoms with Crippen LogP contribution in [0, 0.1) is 5.41 Å². The number of nitrogens with one attached hydrogen (secondary N) is 1. The predicted octanol–water partition coefficient (Wildman–Crippen LogP) is 2.74. The van der Waals surface area contributed by atoms with Crippen LogP contribution >= 0.6 is 23.4 Å². The first-order valence-electron chi connectivity index (χ1n) is 8.31. The fraction of sp³-hybridized carbons (Fsp3) is 0.0556. The van der Waals surface area contributed by atoms with E-state index < -0.39 is 16.0 Å². The zero-order valence-corrected chi connectivity index (χ0v) is 17.6. The smallest absolute Gasteiger partial charge is 0.306 e. The summed E-state index contributed by atoms with van der Waals surface area (Å²) < 4.78 is 27.3. The molecule has 0 atom stereocenters. The molecule has 9 nitrogen and oxygen atoms in total. The molecule has 0 saturated heterocycles. The topological polar surface area (TPSA) is 125 Å². The minimum atomic E-state index is -3.73. The third-order valence-electron chi connectivity index (χ3n) is 3.87. The second kappa shape index (κ2) is 7.67. The summed E-state index contributed by atoms with van der Waals surface area (Å²) in [5.41, 5.74) is 1.23. The Labute approximate surface area is 180 Å². The quantitative estimate of drug-likeness (QED) is 0.548. The molecule has 1 N–H and O–H groups in total. The largest absolute Gasteiger partial charge is 0.381 e. The Hall–Kier alpha value is -3.02. The highest BCUT2D eigenvalue weighted by Crippen LogP contribution is 2.32. The van der Waals surface area contributed by atoms with Gasteiger partial charge in [0.05, 0.1) is 16.9 Å². The second-order valence-corrected chi connectivity index (χ2v) is 9.08. The zero-order valence-electron chi connectivity index (χ0n) is 15.2. The normalized spacial score (nSPS) is 17.7. The van der Waals surface area contributed by atoms with Crippen LogP contribution in [0.5, 0.6) is 5.75 Å². The van der Waals surface area contributed by atoms with Crippen LogP contribution in [0.1, 0.15) is 11.1 Å². The van der Waals surface area contributed by atoms with Gasteiger partial charge in [-0.2, -0.15) is 23.5 Å². The molecular weight excluding hydrogens is 450 g/mol. The van der Waals surface area contributed by atoms with E-state index in [1.807, 2.05) is 6.07 Å². The van der Waals surface area contributed by atoms with Crippen molar-refractivity contribution in [2.75, 3.05) is 6.26 Å². The number of hydrazone groups is 1. The number of rotatable bonds is 4. The van der Waals surface area contributed by atoms with Gasteiger partial charge in [0.15, 0.2) is 11.6 Å². The van der Waals surface area contributed by atoms with Crippen LogP contribution in [0.25, 0.3) is 6.08 Å². The summed E-state index contributed by atoms with van der Waals surface area (Å²) in [7, 11) is -3.73. The monoisotopic (exact) mass is 461 g/mol. The van der Waals surface area contributed by atoms with E-state index in [1.165, 1.54) is 41.0 Å². The predicted molar refractivity (Wildman–Crippen MR) is 115 cm³/mol. The molecule has 3 heterocycles. The number of halogens is 1. The van der Waals surface area contributed by atoms with Crippen LogP contribution in [0.15, 0.2) is 58.4 Å². The Morgan fingerprint density at radius 1 is 1.30 bits per heavy atom. The summed E-state index contributed by atoms with van der Waals surface area (Å²) >= 11 is 7.25. The van der Waals surface area contributed by atoms with E-state index in [1.54, 1.807) is 18.5 Å². The van der Waals surface area contributed by atoms with Gasteiger partial charge in [0, 0.05) is 18.0 Å². The van der Waals surface area contributed by atoms with Crippen molar-refractivity contribution in [3.63, 3.8) is 0 Å². The Morgan fingerprint density at radius 3 is 2.77 bits per heavy atom. The van der Waals surface area contributed by atoms with Crippen molar-refractivity contribution >= 4 is 61.5 Å². The average molecular weight is 462 g/mol. The van der Waals surface area contributed by atoms with E-state index in [9.17, 15) is 13.2 Å². The molecule has 0 saturated carbocycles. The van der Waals surface area contributed by atoms with Crippen molar-refractivity contribution in [2.24, 2.45) is 10.1 Å². The summed E-state index contributed by atoms with van der Waals surface area (Å²) in [6, 6.07) is 7.90. The lowest BCUT2D eigenvalue weighted by Gasteiger charge is -2.20. The number of aromatic nitrogens is 1. The Bertz CT molecular complexity index is 1270. The average Bonchev–Trinajstić information content (AvgIpc) is 3.11. The molecule has 1 aromatic heterocycles. The number of thioether (sulfide) groups is 1. The van der Waals surface area contributed by atoms with Crippen molar-refractivity contribution in [1.29, 1.82) is 5.41 Å². The molecule has 2 aliphatic rings. The number of amidine groups is 2. The lowest BCUT2D eigenvalue weighted by atomic mass is 10.1. The Kier molecular flexibility index (Phi) is 5.18. The number of aliphatic imine (C=N–C) groups is 1. The summed E-state index contributed by atoms with van der Waals surface area (Å²) in [4.78, 5) is 20.6. The number of fused-ring (bicyclic) bond motifs is 1. The molecule has 2 aromatic rings. The molecule has 152 valence electrons. The number of amides is 1. The van der Waals surface area contributed by atoms with Gasteiger partial charge < -0.3 is 4.18 Å². The highest BCUT2D eigenvalue weighted by Gasteiger charge is 2.36. The van der Waals surface area contributed by atoms with E-state index in [0.717, 1.165) is 11.8 Å². The standard InChI is InChI=1S/C18H12ClN5O4S2/c1-30(26,27)28-14-5-4-10(8-13(14)19)7-12-15(20)24-18(22-16(12)25)29-17(23-24)11-3-2-6-21-9-11/h2-9,20H,1H3/b12-7-,20-15?. The SMILES string of the molecule is CS(=O)(=O)Oc1ccc(/C=C2/C(=N)N3N=C(c4cccnc4)SC3=NC2=O)cc1Cl. The highest BCUT2D eigenvalue weighted by atomic mass is 35.5. The van der Waals surface area contributed by atoms with Gasteiger partial charge in [-0.15, -0.1) is 0 Å². The van der Waals surface area contributed by atoms with Crippen LogP contribution in [-0.2, 0) is 14.9 Å². The summed E-state index contributed by atoms with van der Waals surface area (Å²) in [5.74, 6) is -0.758. The van der Waals surface area contributed by atoms with Crippen LogP contribution in [0.2, 0.25) is 5.02 Å². The van der Waals surface area contributed by atoms with Gasteiger partial charge in [-0.05, 0) is 47.7 Å². The number of hydrogen-bond donors (Lipinski definition) is 1. The second-order valence-electron chi connectivity index (χ2n) is 6.14. The number of pyridine rings is 1. The molecule has 30 heavy (non-hydrogen) atoms. The Balaban J connectivity index is 1.64. The third kappa shape index (κ3) is 4.13. The Morgan fingerprint density at radius 2 is 2.10 bits per heavy atom. The minimum Gasteiger partial charge on any atom is -0.381 e. The minimum absolute atomic E-state index is 0.0170. The van der Waals surface area contributed by atoms with E-state index in [-0.39, 0.29) is 27.3 Å². The maximum atomic E-state index is 12.5. The van der Waals surface area contributed by atoms with Crippen LogP contribution < -0.4 is 4.18 Å². The molecule has 1 aromatic carbocycles. The van der Waals surface area contributed by atoms with E-state index >= 15 is 0 Å². The molecule has 12 heteroatoms. The maximum Gasteiger partial charge on any atom is 0.306 e. The van der Waals surface area contributed by atoms with Crippen molar-refractivity contribution < 1.29 is 17.4 Å². The number of hydrogen-bond acceptors (Lipinski definition) is 8. The van der Waals surface area contributed by atoms with Crippen molar-refractivity contribution in [3.8, 4) is 5.75 Å². The molecule has 0 spiro atoms. The third-order valence-corrected chi connectivity index (χ3v) is 5.61. The van der Waals surface area contributed by atoms with Crippen LogP contribution in [0.4, 0.5) is 0 Å².